The van der Waals surface area contributed by atoms with Crippen molar-refractivity contribution in [1.29, 1.82) is 0 Å². The van der Waals surface area contributed by atoms with E-state index in [0.717, 1.165) is 11.0 Å². The van der Waals surface area contributed by atoms with Gasteiger partial charge in [-0.25, -0.2) is 4.39 Å². The summed E-state index contributed by atoms with van der Waals surface area (Å²) in [6.07, 6.45) is 0. The van der Waals surface area contributed by atoms with Crippen LogP contribution in [-0.2, 0) is 4.79 Å². The van der Waals surface area contributed by atoms with Gasteiger partial charge in [0.15, 0.2) is 5.78 Å². The highest BCUT2D eigenvalue weighted by Crippen LogP contribution is 2.36. The molecule has 2 heterocycles. The Morgan fingerprint density at radius 3 is 2.71 bits per heavy atom. The van der Waals surface area contributed by atoms with E-state index in [0.29, 0.717) is 4.88 Å². The summed E-state index contributed by atoms with van der Waals surface area (Å²) >= 11 is 7.07. The van der Waals surface area contributed by atoms with Crippen molar-refractivity contribution in [2.75, 3.05) is 11.4 Å². The van der Waals surface area contributed by atoms with Gasteiger partial charge in [-0.3, -0.25) is 19.3 Å². The molecule has 0 fully saturated rings. The van der Waals surface area contributed by atoms with Crippen LogP contribution in [0.4, 0.5) is 10.1 Å². The van der Waals surface area contributed by atoms with Crippen LogP contribution in [0.25, 0.3) is 0 Å². The first-order valence-electron chi connectivity index (χ1n) is 5.91. The molecule has 4 nitrogen and oxygen atoms in total. The summed E-state index contributed by atoms with van der Waals surface area (Å²) in [4.78, 5) is 37.2. The fourth-order valence-corrected chi connectivity index (χ4v) is 3.06. The minimum atomic E-state index is -0.943. The Morgan fingerprint density at radius 2 is 2.05 bits per heavy atom. The van der Waals surface area contributed by atoms with Crippen molar-refractivity contribution in [2.45, 2.75) is 0 Å². The van der Waals surface area contributed by atoms with Crippen molar-refractivity contribution in [2.24, 2.45) is 0 Å². The fraction of sp³-hybridized carbons (Fsp3) is 0.0714. The van der Waals surface area contributed by atoms with Gasteiger partial charge in [-0.15, -0.1) is 11.3 Å². The Morgan fingerprint density at radius 1 is 1.29 bits per heavy atom. The minimum Gasteiger partial charge on any atom is -0.294 e. The number of anilines is 1. The Balaban J connectivity index is 2.02. The lowest BCUT2D eigenvalue weighted by molar-refractivity contribution is -0.114. The van der Waals surface area contributed by atoms with Gasteiger partial charge < -0.3 is 0 Å². The van der Waals surface area contributed by atoms with Gasteiger partial charge in [-0.1, -0.05) is 17.7 Å². The van der Waals surface area contributed by atoms with Crippen molar-refractivity contribution in [1.82, 2.24) is 0 Å². The number of benzene rings is 1. The molecule has 1 aromatic heterocycles. The number of halogens is 2. The van der Waals surface area contributed by atoms with Crippen LogP contribution in [0.5, 0.6) is 0 Å². The molecule has 0 radical (unpaired) electrons. The molecule has 21 heavy (non-hydrogen) atoms. The molecule has 0 saturated heterocycles. The lowest BCUT2D eigenvalue weighted by Gasteiger charge is -2.15. The molecule has 1 amide bonds. The lowest BCUT2D eigenvalue weighted by Crippen LogP contribution is -2.34. The Hall–Kier alpha value is -2.05. The number of carbonyl (C=O) groups is 3. The summed E-state index contributed by atoms with van der Waals surface area (Å²) in [6, 6.07) is 5.58. The van der Waals surface area contributed by atoms with E-state index in [2.05, 4.69) is 0 Å². The van der Waals surface area contributed by atoms with Crippen LogP contribution in [0.2, 0.25) is 5.02 Å². The zero-order valence-corrected chi connectivity index (χ0v) is 12.0. The number of ketones is 2. The van der Waals surface area contributed by atoms with Gasteiger partial charge in [0.25, 0.3) is 11.7 Å². The average Bonchev–Trinajstić information content (AvgIpc) is 3.06. The van der Waals surface area contributed by atoms with Crippen LogP contribution < -0.4 is 4.90 Å². The second-order valence-electron chi connectivity index (χ2n) is 4.37. The molecular formula is C14H7ClFNO3S. The topological polar surface area (TPSA) is 54.5 Å². The number of nitrogens with zero attached hydrogens (tertiary/aromatic N) is 1. The molecule has 0 saturated carbocycles. The summed E-state index contributed by atoms with van der Waals surface area (Å²) in [5.74, 6) is -2.96. The molecule has 1 aliphatic rings. The van der Waals surface area contributed by atoms with Crippen molar-refractivity contribution >= 4 is 46.1 Å². The normalized spacial score (nSPS) is 13.7. The smallest absolute Gasteiger partial charge is 0.294 e. The molecule has 7 heteroatoms. The molecule has 0 N–H and O–H groups in total. The molecule has 106 valence electrons. The van der Waals surface area contributed by atoms with Crippen LogP contribution in [0.15, 0.2) is 29.6 Å². The first kappa shape index (κ1) is 13.9. The number of thiophene rings is 1. The van der Waals surface area contributed by atoms with Crippen molar-refractivity contribution in [3.05, 3.63) is 50.9 Å². The van der Waals surface area contributed by atoms with Crippen molar-refractivity contribution in [3.8, 4) is 0 Å². The van der Waals surface area contributed by atoms with E-state index in [9.17, 15) is 18.8 Å². The summed E-state index contributed by atoms with van der Waals surface area (Å²) in [6.45, 7) is -0.394. The number of rotatable bonds is 3. The standard InChI is InChI=1S/C14H7ClFNO3S/c15-7-3-4-8(16)12-11(7)13(19)14(20)17(12)6-9(18)10-2-1-5-21-10/h1-5H,6H2. The number of hydrogen-bond donors (Lipinski definition) is 0. The Kier molecular flexibility index (Phi) is 3.35. The predicted octanol–water partition coefficient (Wildman–Crippen LogP) is 2.95. The molecule has 0 unspecified atom stereocenters. The fourth-order valence-electron chi connectivity index (χ4n) is 2.16. The van der Waals surface area contributed by atoms with Gasteiger partial charge in [0, 0.05) is 0 Å². The summed E-state index contributed by atoms with van der Waals surface area (Å²) in [7, 11) is 0. The van der Waals surface area contributed by atoms with Gasteiger partial charge >= 0.3 is 0 Å². The summed E-state index contributed by atoms with van der Waals surface area (Å²) in [5.41, 5.74) is -0.400. The zero-order valence-electron chi connectivity index (χ0n) is 10.4. The third-order valence-electron chi connectivity index (χ3n) is 3.11. The molecule has 3 rings (SSSR count). The first-order valence-corrected chi connectivity index (χ1v) is 7.17. The molecule has 0 spiro atoms. The molecule has 0 aliphatic carbocycles. The Bertz CT molecular complexity index is 773. The monoisotopic (exact) mass is 323 g/mol. The first-order chi connectivity index (χ1) is 10.0. The van der Waals surface area contributed by atoms with Crippen LogP contribution in [-0.4, -0.2) is 24.0 Å². The SMILES string of the molecule is O=C(CN1C(=O)C(=O)c2c(Cl)ccc(F)c21)c1cccs1. The van der Waals surface area contributed by atoms with E-state index in [-0.39, 0.29) is 22.1 Å². The van der Waals surface area contributed by atoms with Gasteiger partial charge in [0.2, 0.25) is 0 Å². The van der Waals surface area contributed by atoms with E-state index in [4.69, 9.17) is 11.6 Å². The van der Waals surface area contributed by atoms with E-state index >= 15 is 0 Å². The van der Waals surface area contributed by atoms with Crippen LogP contribution >= 0.6 is 22.9 Å². The van der Waals surface area contributed by atoms with Crippen LogP contribution in [0, 0.1) is 5.82 Å². The molecule has 2 aromatic rings. The van der Waals surface area contributed by atoms with E-state index in [1.165, 1.54) is 17.4 Å². The van der Waals surface area contributed by atoms with Crippen molar-refractivity contribution in [3.63, 3.8) is 0 Å². The van der Waals surface area contributed by atoms with Gasteiger partial charge in [-0.2, -0.15) is 0 Å². The largest absolute Gasteiger partial charge is 0.300 e. The van der Waals surface area contributed by atoms with Crippen LogP contribution in [0.1, 0.15) is 20.0 Å². The number of Topliss-reactive ketones (excluding diaryl/α,β-unsaturated/α-hetero) is 2. The second-order valence-corrected chi connectivity index (χ2v) is 5.73. The quantitative estimate of drug-likeness (QED) is 0.644. The minimum absolute atomic E-state index is 0.00387. The van der Waals surface area contributed by atoms with Crippen LogP contribution in [0.3, 0.4) is 0 Å². The summed E-state index contributed by atoms with van der Waals surface area (Å²) in [5, 5.41) is 1.71. The molecule has 0 atom stereocenters. The zero-order chi connectivity index (χ0) is 15.1. The maximum absolute atomic E-state index is 13.9. The van der Waals surface area contributed by atoms with Crippen molar-refractivity contribution < 1.29 is 18.8 Å². The highest BCUT2D eigenvalue weighted by Gasteiger charge is 2.40. The van der Waals surface area contributed by atoms with E-state index in [1.807, 2.05) is 0 Å². The second kappa shape index (κ2) is 5.05. The molecule has 0 bridgehead atoms. The average molecular weight is 324 g/mol. The highest BCUT2D eigenvalue weighted by atomic mass is 35.5. The number of amides is 1. The van der Waals surface area contributed by atoms with Gasteiger partial charge in [-0.05, 0) is 23.6 Å². The maximum Gasteiger partial charge on any atom is 0.300 e. The third kappa shape index (κ3) is 2.16. The lowest BCUT2D eigenvalue weighted by atomic mass is 10.1. The number of hydrogen-bond acceptors (Lipinski definition) is 4. The van der Waals surface area contributed by atoms with Gasteiger partial charge in [0.1, 0.15) is 5.82 Å². The molecular weight excluding hydrogens is 317 g/mol. The molecule has 1 aliphatic heterocycles. The van der Waals surface area contributed by atoms with E-state index < -0.39 is 24.1 Å². The predicted molar refractivity (Wildman–Crippen MR) is 76.7 cm³/mol. The van der Waals surface area contributed by atoms with Gasteiger partial charge in [0.05, 0.1) is 27.7 Å². The van der Waals surface area contributed by atoms with E-state index in [1.54, 1.807) is 17.5 Å². The maximum atomic E-state index is 13.9. The number of carbonyl (C=O) groups excluding carboxylic acids is 3. The third-order valence-corrected chi connectivity index (χ3v) is 4.34. The summed E-state index contributed by atoms with van der Waals surface area (Å²) < 4.78 is 13.9. The number of fused-ring (bicyclic) bond motifs is 1. The molecule has 1 aromatic carbocycles. The Labute approximate surface area is 127 Å². The highest BCUT2D eigenvalue weighted by molar-refractivity contribution is 7.12.